The molecule has 0 bridgehead atoms. The quantitative estimate of drug-likeness (QED) is 0.795. The van der Waals surface area contributed by atoms with E-state index in [-0.39, 0.29) is 37.0 Å². The predicted molar refractivity (Wildman–Crippen MR) is 94.9 cm³/mol. The second-order valence-electron chi connectivity index (χ2n) is 6.33. The Morgan fingerprint density at radius 2 is 1.81 bits per heavy atom. The first-order valence-electron chi connectivity index (χ1n) is 8.44. The molecule has 0 fully saturated rings. The van der Waals surface area contributed by atoms with Crippen LogP contribution in [-0.2, 0) is 9.53 Å². The Morgan fingerprint density at radius 1 is 1.15 bits per heavy atom. The number of carbonyl (C=O) groups excluding carboxylic acids is 1. The molecule has 3 rings (SSSR count). The normalized spacial score (nSPS) is 13.5. The highest BCUT2D eigenvalue weighted by atomic mass is 16.7. The molecule has 0 aromatic heterocycles. The molecule has 0 unspecified atom stereocenters. The van der Waals surface area contributed by atoms with Crippen LogP contribution in [0.3, 0.4) is 0 Å². The average molecular weight is 358 g/mol. The number of hydrogen-bond donors (Lipinski definition) is 1. The number of esters is 1. The Balaban J connectivity index is 1.97. The van der Waals surface area contributed by atoms with Crippen LogP contribution in [0.1, 0.15) is 37.3 Å². The highest BCUT2D eigenvalue weighted by Gasteiger charge is 2.26. The zero-order chi connectivity index (χ0) is 18.7. The SMILES string of the molecule is COC(=O)C[C@@H](c1ccc(OC(C)C)cc1)c1cc2c(cc1O)OCO2. The van der Waals surface area contributed by atoms with Crippen LogP contribution >= 0.6 is 0 Å². The number of ether oxygens (including phenoxy) is 4. The third-order valence-corrected chi connectivity index (χ3v) is 4.15. The lowest BCUT2D eigenvalue weighted by atomic mass is 9.87. The summed E-state index contributed by atoms with van der Waals surface area (Å²) in [6.07, 6.45) is 0.165. The lowest BCUT2D eigenvalue weighted by molar-refractivity contribution is -0.140. The van der Waals surface area contributed by atoms with Gasteiger partial charge in [-0.3, -0.25) is 4.79 Å². The summed E-state index contributed by atoms with van der Waals surface area (Å²) in [6, 6.07) is 10.7. The van der Waals surface area contributed by atoms with Crippen LogP contribution in [0.25, 0.3) is 0 Å². The second kappa shape index (κ2) is 7.56. The molecular formula is C20H22O6. The number of benzene rings is 2. The van der Waals surface area contributed by atoms with Crippen LogP contribution in [0, 0.1) is 0 Å². The molecule has 1 N–H and O–H groups in total. The topological polar surface area (TPSA) is 74.2 Å². The highest BCUT2D eigenvalue weighted by molar-refractivity contribution is 5.72. The minimum atomic E-state index is -0.384. The molecule has 1 heterocycles. The number of rotatable bonds is 6. The van der Waals surface area contributed by atoms with Gasteiger partial charge in [0.05, 0.1) is 19.6 Å². The molecule has 0 saturated heterocycles. The molecule has 138 valence electrons. The summed E-state index contributed by atoms with van der Waals surface area (Å²) in [5.74, 6) is 1.08. The minimum absolute atomic E-state index is 0.0469. The number of aromatic hydroxyl groups is 1. The van der Waals surface area contributed by atoms with Crippen molar-refractivity contribution in [2.75, 3.05) is 13.9 Å². The summed E-state index contributed by atoms with van der Waals surface area (Å²) < 4.78 is 21.2. The van der Waals surface area contributed by atoms with Gasteiger partial charge in [-0.05, 0) is 37.6 Å². The standard InChI is InChI=1S/C20H22O6/c1-12(2)26-14-6-4-13(5-7-14)15(9-20(22)23-3)16-8-18-19(10-17(16)21)25-11-24-18/h4-8,10,12,15,21H,9,11H2,1-3H3/t15-/m0/s1. The third kappa shape index (κ3) is 3.85. The van der Waals surface area contributed by atoms with Gasteiger partial charge in [-0.2, -0.15) is 0 Å². The Kier molecular flexibility index (Phi) is 5.21. The van der Waals surface area contributed by atoms with E-state index >= 15 is 0 Å². The fraction of sp³-hybridized carbons (Fsp3) is 0.350. The first kappa shape index (κ1) is 17.9. The third-order valence-electron chi connectivity index (χ3n) is 4.15. The van der Waals surface area contributed by atoms with Crippen LogP contribution in [0.5, 0.6) is 23.0 Å². The molecule has 1 atom stereocenters. The zero-order valence-corrected chi connectivity index (χ0v) is 15.0. The molecule has 0 radical (unpaired) electrons. The number of fused-ring (bicyclic) bond motifs is 1. The molecular weight excluding hydrogens is 336 g/mol. The maximum absolute atomic E-state index is 11.9. The van der Waals surface area contributed by atoms with Crippen LogP contribution in [-0.4, -0.2) is 31.1 Å². The first-order chi connectivity index (χ1) is 12.5. The summed E-state index contributed by atoms with van der Waals surface area (Å²) in [6.45, 7) is 4.03. The maximum Gasteiger partial charge on any atom is 0.306 e. The van der Waals surface area contributed by atoms with Crippen molar-refractivity contribution in [2.24, 2.45) is 0 Å². The maximum atomic E-state index is 11.9. The van der Waals surface area contributed by atoms with Gasteiger partial charge in [0.25, 0.3) is 0 Å². The van der Waals surface area contributed by atoms with Crippen molar-refractivity contribution in [1.82, 2.24) is 0 Å². The molecule has 1 aliphatic heterocycles. The van der Waals surface area contributed by atoms with Gasteiger partial charge >= 0.3 is 5.97 Å². The molecule has 1 aliphatic rings. The van der Waals surface area contributed by atoms with Gasteiger partial charge in [-0.25, -0.2) is 0 Å². The van der Waals surface area contributed by atoms with E-state index in [0.29, 0.717) is 17.1 Å². The zero-order valence-electron chi connectivity index (χ0n) is 15.0. The number of methoxy groups -OCH3 is 1. The summed E-state index contributed by atoms with van der Waals surface area (Å²) in [7, 11) is 1.35. The smallest absolute Gasteiger partial charge is 0.306 e. The highest BCUT2D eigenvalue weighted by Crippen LogP contribution is 2.43. The minimum Gasteiger partial charge on any atom is -0.508 e. The van der Waals surface area contributed by atoms with E-state index in [1.54, 1.807) is 6.07 Å². The Morgan fingerprint density at radius 3 is 2.42 bits per heavy atom. The van der Waals surface area contributed by atoms with E-state index in [1.165, 1.54) is 13.2 Å². The van der Waals surface area contributed by atoms with Crippen LogP contribution in [0.2, 0.25) is 0 Å². The summed E-state index contributed by atoms with van der Waals surface area (Å²) in [5, 5.41) is 10.5. The first-order valence-corrected chi connectivity index (χ1v) is 8.44. The average Bonchev–Trinajstić information content (AvgIpc) is 3.06. The molecule has 26 heavy (non-hydrogen) atoms. The van der Waals surface area contributed by atoms with E-state index in [1.807, 2.05) is 38.1 Å². The van der Waals surface area contributed by atoms with E-state index in [9.17, 15) is 9.90 Å². The molecule has 0 amide bonds. The van der Waals surface area contributed by atoms with Crippen LogP contribution in [0.4, 0.5) is 0 Å². The lowest BCUT2D eigenvalue weighted by Crippen LogP contribution is -2.11. The van der Waals surface area contributed by atoms with Crippen molar-refractivity contribution >= 4 is 5.97 Å². The summed E-state index contributed by atoms with van der Waals surface area (Å²) >= 11 is 0. The fourth-order valence-corrected chi connectivity index (χ4v) is 2.93. The predicted octanol–water partition coefficient (Wildman–Crippen LogP) is 3.60. The summed E-state index contributed by atoms with van der Waals surface area (Å²) in [5.41, 5.74) is 1.44. The Bertz CT molecular complexity index is 782. The van der Waals surface area contributed by atoms with Crippen molar-refractivity contribution < 1.29 is 28.8 Å². The van der Waals surface area contributed by atoms with E-state index in [0.717, 1.165) is 11.3 Å². The number of phenolic OH excluding ortho intramolecular Hbond substituents is 1. The van der Waals surface area contributed by atoms with Crippen molar-refractivity contribution in [1.29, 1.82) is 0 Å². The van der Waals surface area contributed by atoms with Gasteiger partial charge in [-0.15, -0.1) is 0 Å². The molecule has 2 aromatic carbocycles. The molecule has 0 spiro atoms. The summed E-state index contributed by atoms with van der Waals surface area (Å²) in [4.78, 5) is 11.9. The lowest BCUT2D eigenvalue weighted by Gasteiger charge is -2.19. The number of hydrogen-bond acceptors (Lipinski definition) is 6. The van der Waals surface area contributed by atoms with Crippen LogP contribution in [0.15, 0.2) is 36.4 Å². The Hall–Kier alpha value is -2.89. The van der Waals surface area contributed by atoms with Gasteiger partial charge in [-0.1, -0.05) is 12.1 Å². The van der Waals surface area contributed by atoms with Gasteiger partial charge in [0, 0.05) is 17.5 Å². The Labute approximate surface area is 152 Å². The second-order valence-corrected chi connectivity index (χ2v) is 6.33. The number of carbonyl (C=O) groups is 1. The van der Waals surface area contributed by atoms with Gasteiger partial charge in [0.15, 0.2) is 11.5 Å². The number of phenols is 1. The van der Waals surface area contributed by atoms with E-state index < -0.39 is 0 Å². The van der Waals surface area contributed by atoms with Gasteiger partial charge < -0.3 is 24.1 Å². The molecule has 0 saturated carbocycles. The van der Waals surface area contributed by atoms with Crippen LogP contribution < -0.4 is 14.2 Å². The van der Waals surface area contributed by atoms with Crippen molar-refractivity contribution in [3.63, 3.8) is 0 Å². The van der Waals surface area contributed by atoms with E-state index in [2.05, 4.69) is 0 Å². The van der Waals surface area contributed by atoms with E-state index in [4.69, 9.17) is 18.9 Å². The van der Waals surface area contributed by atoms with Crippen molar-refractivity contribution in [2.45, 2.75) is 32.3 Å². The van der Waals surface area contributed by atoms with Gasteiger partial charge in [0.2, 0.25) is 6.79 Å². The monoisotopic (exact) mass is 358 g/mol. The molecule has 2 aromatic rings. The molecule has 6 heteroatoms. The van der Waals surface area contributed by atoms with Gasteiger partial charge in [0.1, 0.15) is 11.5 Å². The van der Waals surface area contributed by atoms with Crippen molar-refractivity contribution in [3.8, 4) is 23.0 Å². The molecule has 0 aliphatic carbocycles. The fourth-order valence-electron chi connectivity index (χ4n) is 2.93. The van der Waals surface area contributed by atoms with Crippen molar-refractivity contribution in [3.05, 3.63) is 47.5 Å². The molecule has 6 nitrogen and oxygen atoms in total. The largest absolute Gasteiger partial charge is 0.508 e.